The summed E-state index contributed by atoms with van der Waals surface area (Å²) in [6.45, 7) is 2.22. The molecule has 0 heterocycles. The van der Waals surface area contributed by atoms with E-state index in [0.29, 0.717) is 0 Å². The number of benzene rings is 1. The molecule has 0 fully saturated rings. The summed E-state index contributed by atoms with van der Waals surface area (Å²) in [7, 11) is 1.61. The fourth-order valence-electron chi connectivity index (χ4n) is 2.08. The van der Waals surface area contributed by atoms with Gasteiger partial charge in [-0.3, -0.25) is 4.90 Å². The van der Waals surface area contributed by atoms with Crippen LogP contribution in [0.1, 0.15) is 18.5 Å². The predicted molar refractivity (Wildman–Crippen MR) is 72.2 cm³/mol. The van der Waals surface area contributed by atoms with E-state index in [4.69, 9.17) is 21.0 Å². The molecule has 100 valence electrons. The molecular formula is C14H18N4O. The number of ether oxygens (including phenoxy) is 1. The van der Waals surface area contributed by atoms with Crippen molar-refractivity contribution in [1.29, 1.82) is 10.5 Å². The molecule has 0 radical (unpaired) electrons. The fraction of sp³-hybridized carbons (Fsp3) is 0.429. The highest BCUT2D eigenvalue weighted by Crippen LogP contribution is 2.25. The Hall–Kier alpha value is -2.08. The van der Waals surface area contributed by atoms with Gasteiger partial charge in [0, 0.05) is 6.04 Å². The van der Waals surface area contributed by atoms with Gasteiger partial charge in [0.1, 0.15) is 5.75 Å². The predicted octanol–water partition coefficient (Wildman–Crippen LogP) is 1.43. The molecule has 0 amide bonds. The lowest BCUT2D eigenvalue weighted by molar-refractivity contribution is 0.221. The number of methoxy groups -OCH3 is 1. The summed E-state index contributed by atoms with van der Waals surface area (Å²) in [4.78, 5) is 1.77. The van der Waals surface area contributed by atoms with Gasteiger partial charge in [-0.05, 0) is 24.6 Å². The van der Waals surface area contributed by atoms with Crippen LogP contribution in [0.5, 0.6) is 5.75 Å². The van der Waals surface area contributed by atoms with Crippen LogP contribution < -0.4 is 10.5 Å². The zero-order valence-electron chi connectivity index (χ0n) is 11.2. The molecule has 0 aliphatic carbocycles. The monoisotopic (exact) mass is 258 g/mol. The number of nitrogens with two attached hydrogens (primary N) is 1. The zero-order valence-corrected chi connectivity index (χ0v) is 11.2. The highest BCUT2D eigenvalue weighted by atomic mass is 16.5. The van der Waals surface area contributed by atoms with E-state index in [1.165, 1.54) is 0 Å². The Morgan fingerprint density at radius 1 is 1.21 bits per heavy atom. The summed E-state index contributed by atoms with van der Waals surface area (Å²) in [6, 6.07) is 11.3. The summed E-state index contributed by atoms with van der Waals surface area (Å²) >= 11 is 0. The van der Waals surface area contributed by atoms with E-state index in [-0.39, 0.29) is 25.2 Å². The Labute approximate surface area is 113 Å². The third-order valence-corrected chi connectivity index (χ3v) is 2.90. The molecule has 1 rings (SSSR count). The first-order valence-electron chi connectivity index (χ1n) is 6.01. The molecule has 2 unspecified atom stereocenters. The molecule has 0 saturated heterocycles. The lowest BCUT2D eigenvalue weighted by Gasteiger charge is -2.31. The van der Waals surface area contributed by atoms with Crippen molar-refractivity contribution in [2.75, 3.05) is 20.2 Å². The average Bonchev–Trinajstić information content (AvgIpc) is 2.40. The number of hydrogen-bond donors (Lipinski definition) is 1. The van der Waals surface area contributed by atoms with Gasteiger partial charge in [-0.1, -0.05) is 12.1 Å². The van der Waals surface area contributed by atoms with Crippen molar-refractivity contribution in [2.45, 2.75) is 19.0 Å². The van der Waals surface area contributed by atoms with Crippen molar-refractivity contribution < 1.29 is 4.74 Å². The van der Waals surface area contributed by atoms with Crippen LogP contribution in [0.3, 0.4) is 0 Å². The van der Waals surface area contributed by atoms with Gasteiger partial charge >= 0.3 is 0 Å². The second-order valence-corrected chi connectivity index (χ2v) is 4.30. The molecule has 2 atom stereocenters. The van der Waals surface area contributed by atoms with Crippen LogP contribution in [0.4, 0.5) is 0 Å². The maximum atomic E-state index is 8.86. The van der Waals surface area contributed by atoms with E-state index in [2.05, 4.69) is 12.1 Å². The molecule has 5 heteroatoms. The second kappa shape index (κ2) is 7.38. The molecule has 0 saturated carbocycles. The zero-order chi connectivity index (χ0) is 14.3. The SMILES string of the molecule is COc1ccc(C(C(C)N)N(CC#N)CC#N)cc1. The van der Waals surface area contributed by atoms with Crippen molar-refractivity contribution in [1.82, 2.24) is 4.90 Å². The molecule has 0 spiro atoms. The van der Waals surface area contributed by atoms with Gasteiger partial charge in [-0.25, -0.2) is 0 Å². The van der Waals surface area contributed by atoms with Crippen LogP contribution in [0, 0.1) is 22.7 Å². The third-order valence-electron chi connectivity index (χ3n) is 2.90. The standard InChI is InChI=1S/C14H18N4O/c1-11(17)14(18(9-7-15)10-8-16)12-3-5-13(19-2)6-4-12/h3-6,11,14H,9-10,17H2,1-2H3. The van der Waals surface area contributed by atoms with Crippen LogP contribution in [-0.4, -0.2) is 31.1 Å². The largest absolute Gasteiger partial charge is 0.497 e. The fourth-order valence-corrected chi connectivity index (χ4v) is 2.08. The van der Waals surface area contributed by atoms with Crippen molar-refractivity contribution in [2.24, 2.45) is 5.73 Å². The number of rotatable bonds is 6. The maximum absolute atomic E-state index is 8.86. The molecule has 0 aromatic heterocycles. The molecule has 19 heavy (non-hydrogen) atoms. The normalized spacial score (nSPS) is 13.4. The van der Waals surface area contributed by atoms with Crippen molar-refractivity contribution in [3.63, 3.8) is 0 Å². The summed E-state index contributed by atoms with van der Waals surface area (Å²) < 4.78 is 5.12. The van der Waals surface area contributed by atoms with E-state index in [1.807, 2.05) is 31.2 Å². The van der Waals surface area contributed by atoms with Gasteiger partial charge in [-0.2, -0.15) is 10.5 Å². The first kappa shape index (κ1) is 15.0. The minimum atomic E-state index is -0.185. The van der Waals surface area contributed by atoms with Gasteiger partial charge in [0.05, 0.1) is 38.4 Å². The average molecular weight is 258 g/mol. The summed E-state index contributed by atoms with van der Waals surface area (Å²) in [5.41, 5.74) is 6.98. The highest BCUT2D eigenvalue weighted by Gasteiger charge is 2.23. The van der Waals surface area contributed by atoms with Gasteiger partial charge in [0.25, 0.3) is 0 Å². The molecule has 0 aliphatic rings. The van der Waals surface area contributed by atoms with Gasteiger partial charge < -0.3 is 10.5 Å². The van der Waals surface area contributed by atoms with Crippen LogP contribution in [0.15, 0.2) is 24.3 Å². The molecule has 2 N–H and O–H groups in total. The Morgan fingerprint density at radius 3 is 2.11 bits per heavy atom. The summed E-state index contributed by atoms with van der Waals surface area (Å²) in [6.07, 6.45) is 0. The van der Waals surface area contributed by atoms with E-state index in [1.54, 1.807) is 12.0 Å². The maximum Gasteiger partial charge on any atom is 0.118 e. The van der Waals surface area contributed by atoms with Crippen LogP contribution in [0.2, 0.25) is 0 Å². The minimum absolute atomic E-state index is 0.162. The Balaban J connectivity index is 3.04. The second-order valence-electron chi connectivity index (χ2n) is 4.30. The first-order chi connectivity index (χ1) is 9.13. The molecule has 0 aliphatic heterocycles. The summed E-state index contributed by atoms with van der Waals surface area (Å²) in [5.74, 6) is 0.763. The Bertz CT molecular complexity index is 454. The summed E-state index contributed by atoms with van der Waals surface area (Å²) in [5, 5.41) is 17.7. The van der Waals surface area contributed by atoms with Gasteiger partial charge in [0.2, 0.25) is 0 Å². The lowest BCUT2D eigenvalue weighted by Crippen LogP contribution is -2.40. The molecule has 1 aromatic carbocycles. The Morgan fingerprint density at radius 2 is 1.74 bits per heavy atom. The van der Waals surface area contributed by atoms with Crippen LogP contribution in [0.25, 0.3) is 0 Å². The number of hydrogen-bond acceptors (Lipinski definition) is 5. The van der Waals surface area contributed by atoms with Crippen molar-refractivity contribution >= 4 is 0 Å². The van der Waals surface area contributed by atoms with E-state index < -0.39 is 0 Å². The van der Waals surface area contributed by atoms with Crippen molar-refractivity contribution in [3.05, 3.63) is 29.8 Å². The topological polar surface area (TPSA) is 86.1 Å². The minimum Gasteiger partial charge on any atom is -0.497 e. The molecule has 1 aromatic rings. The van der Waals surface area contributed by atoms with Crippen LogP contribution >= 0.6 is 0 Å². The van der Waals surface area contributed by atoms with E-state index in [0.717, 1.165) is 11.3 Å². The lowest BCUT2D eigenvalue weighted by atomic mass is 9.99. The molecule has 0 bridgehead atoms. The number of nitriles is 2. The number of nitrogens with zero attached hydrogens (tertiary/aromatic N) is 3. The van der Waals surface area contributed by atoms with E-state index >= 15 is 0 Å². The van der Waals surface area contributed by atoms with Gasteiger partial charge in [0.15, 0.2) is 0 Å². The first-order valence-corrected chi connectivity index (χ1v) is 6.01. The molecular weight excluding hydrogens is 240 g/mol. The Kier molecular flexibility index (Phi) is 5.81. The van der Waals surface area contributed by atoms with Gasteiger partial charge in [-0.15, -0.1) is 0 Å². The smallest absolute Gasteiger partial charge is 0.118 e. The van der Waals surface area contributed by atoms with Crippen molar-refractivity contribution in [3.8, 4) is 17.9 Å². The molecule has 5 nitrogen and oxygen atoms in total. The van der Waals surface area contributed by atoms with Crippen LogP contribution in [-0.2, 0) is 0 Å². The third kappa shape index (κ3) is 3.96. The highest BCUT2D eigenvalue weighted by molar-refractivity contribution is 5.30. The van der Waals surface area contributed by atoms with E-state index in [9.17, 15) is 0 Å². The quantitative estimate of drug-likeness (QED) is 0.780.